The minimum absolute atomic E-state index is 0.0381. The van der Waals surface area contributed by atoms with E-state index in [-0.39, 0.29) is 25.6 Å². The number of carbonyl (C=O) groups excluding carboxylic acids is 1. The average Bonchev–Trinajstić information content (AvgIpc) is 2.50. The molecule has 0 fully saturated rings. The first-order valence-corrected chi connectivity index (χ1v) is 7.67. The minimum atomic E-state index is -1.29. The quantitative estimate of drug-likeness (QED) is 0.517. The molecule has 0 saturated heterocycles. The van der Waals surface area contributed by atoms with E-state index in [2.05, 4.69) is 4.74 Å². The second-order valence-corrected chi connectivity index (χ2v) is 5.58. The van der Waals surface area contributed by atoms with Gasteiger partial charge in [0.2, 0.25) is 11.5 Å². The Labute approximate surface area is 141 Å². The fourth-order valence-corrected chi connectivity index (χ4v) is 1.99. The molecule has 1 heterocycles. The van der Waals surface area contributed by atoms with Crippen LogP contribution in [0, 0.1) is 0 Å². The number of ketones is 1. The van der Waals surface area contributed by atoms with Crippen LogP contribution in [-0.4, -0.2) is 48.1 Å². The van der Waals surface area contributed by atoms with Gasteiger partial charge in [-0.05, 0) is 45.3 Å². The maximum absolute atomic E-state index is 11.8. The third-order valence-electron chi connectivity index (χ3n) is 3.42. The molecular formula is C17H24O7. The predicted octanol–water partition coefficient (Wildman–Crippen LogP) is 2.56. The third kappa shape index (κ3) is 6.87. The molecule has 2 N–H and O–H groups in total. The van der Waals surface area contributed by atoms with E-state index in [0.717, 1.165) is 24.0 Å². The van der Waals surface area contributed by atoms with Crippen LogP contribution in [0.5, 0.6) is 0 Å². The lowest BCUT2D eigenvalue weighted by Gasteiger charge is -2.22. The first-order valence-electron chi connectivity index (χ1n) is 7.67. The molecular weight excluding hydrogens is 316 g/mol. The van der Waals surface area contributed by atoms with Gasteiger partial charge < -0.3 is 24.4 Å². The van der Waals surface area contributed by atoms with E-state index < -0.39 is 18.0 Å². The van der Waals surface area contributed by atoms with Crippen molar-refractivity contribution >= 4 is 11.9 Å². The molecule has 1 unspecified atom stereocenters. The van der Waals surface area contributed by atoms with Gasteiger partial charge in [-0.25, -0.2) is 4.79 Å². The number of hydrogen-bond acceptors (Lipinski definition) is 6. The number of ether oxygens (including phenoxy) is 3. The lowest BCUT2D eigenvalue weighted by molar-refractivity contribution is -0.132. The van der Waals surface area contributed by atoms with Crippen molar-refractivity contribution in [3.8, 4) is 0 Å². The lowest BCUT2D eigenvalue weighted by atomic mass is 10.1. The van der Waals surface area contributed by atoms with Crippen LogP contribution >= 0.6 is 0 Å². The van der Waals surface area contributed by atoms with Gasteiger partial charge in [-0.3, -0.25) is 4.79 Å². The lowest BCUT2D eigenvalue weighted by Crippen LogP contribution is -2.33. The molecule has 1 aliphatic rings. The molecule has 1 aliphatic heterocycles. The molecule has 7 nitrogen and oxygen atoms in total. The number of aliphatic hydroxyl groups excluding tert-OH is 1. The third-order valence-corrected chi connectivity index (χ3v) is 3.42. The van der Waals surface area contributed by atoms with Crippen molar-refractivity contribution in [1.29, 1.82) is 0 Å². The number of carboxylic acid groups (broad SMARTS) is 1. The summed E-state index contributed by atoms with van der Waals surface area (Å²) in [6.07, 6.45) is 2.77. The van der Waals surface area contributed by atoms with Gasteiger partial charge in [0.15, 0.2) is 6.10 Å². The molecule has 0 aromatic rings. The van der Waals surface area contributed by atoms with Crippen molar-refractivity contribution in [2.75, 3.05) is 19.8 Å². The largest absolute Gasteiger partial charge is 0.506 e. The fraction of sp³-hybridized carbons (Fsp3) is 0.529. The highest BCUT2D eigenvalue weighted by molar-refractivity contribution is 5.98. The Bertz CT molecular complexity index is 557. The second kappa shape index (κ2) is 9.77. The van der Waals surface area contributed by atoms with Crippen molar-refractivity contribution < 1.29 is 34.0 Å². The Balaban J connectivity index is 2.39. The van der Waals surface area contributed by atoms with Crippen LogP contribution < -0.4 is 0 Å². The van der Waals surface area contributed by atoms with Crippen molar-refractivity contribution in [3.05, 3.63) is 34.8 Å². The van der Waals surface area contributed by atoms with E-state index in [1.807, 2.05) is 19.9 Å². The number of aliphatic hydroxyl groups is 1. The Hall–Kier alpha value is -2.28. The van der Waals surface area contributed by atoms with Crippen molar-refractivity contribution in [2.24, 2.45) is 0 Å². The number of carbonyl (C=O) groups is 2. The summed E-state index contributed by atoms with van der Waals surface area (Å²) in [5, 5.41) is 17.9. The zero-order valence-corrected chi connectivity index (χ0v) is 14.2. The maximum atomic E-state index is 11.8. The highest BCUT2D eigenvalue weighted by Crippen LogP contribution is 2.18. The second-order valence-electron chi connectivity index (χ2n) is 5.58. The van der Waals surface area contributed by atoms with E-state index in [1.54, 1.807) is 13.0 Å². The van der Waals surface area contributed by atoms with E-state index >= 15 is 0 Å². The van der Waals surface area contributed by atoms with E-state index in [4.69, 9.17) is 14.6 Å². The molecule has 7 heteroatoms. The summed E-state index contributed by atoms with van der Waals surface area (Å²) >= 11 is 0. The number of Topliss-reactive ketones (excluding diaryl/α,β-unsaturated/α-hetero) is 1. The number of hydrogen-bond donors (Lipinski definition) is 2. The smallest absolute Gasteiger partial charge is 0.491 e. The zero-order valence-electron chi connectivity index (χ0n) is 14.2. The highest BCUT2D eigenvalue weighted by atomic mass is 16.7. The van der Waals surface area contributed by atoms with Gasteiger partial charge in [-0.2, -0.15) is 0 Å². The summed E-state index contributed by atoms with van der Waals surface area (Å²) in [5.41, 5.74) is 1.97. The molecule has 1 rings (SSSR count). The van der Waals surface area contributed by atoms with Crippen LogP contribution in [-0.2, 0) is 19.0 Å². The Morgan fingerprint density at radius 1 is 1.33 bits per heavy atom. The zero-order chi connectivity index (χ0) is 18.1. The Morgan fingerprint density at radius 3 is 2.71 bits per heavy atom. The van der Waals surface area contributed by atoms with Gasteiger partial charge in [0.25, 0.3) is 0 Å². The molecule has 24 heavy (non-hydrogen) atoms. The maximum Gasteiger partial charge on any atom is 0.506 e. The molecule has 0 bridgehead atoms. The van der Waals surface area contributed by atoms with Crippen molar-refractivity contribution in [1.82, 2.24) is 0 Å². The van der Waals surface area contributed by atoms with Crippen LogP contribution in [0.3, 0.4) is 0 Å². The first kappa shape index (κ1) is 19.8. The van der Waals surface area contributed by atoms with E-state index in [1.165, 1.54) is 0 Å². The SMILES string of the molecule is CC(=CCC/C(C)=C/COC(=O)O)COC1=C(C)OCC(O)C1=O. The van der Waals surface area contributed by atoms with Crippen molar-refractivity contribution in [2.45, 2.75) is 39.7 Å². The molecule has 0 aromatic heterocycles. The Kier molecular flexibility index (Phi) is 8.05. The van der Waals surface area contributed by atoms with Crippen molar-refractivity contribution in [3.63, 3.8) is 0 Å². The summed E-state index contributed by atoms with van der Waals surface area (Å²) in [5.74, 6) is 0.00228. The van der Waals surface area contributed by atoms with Gasteiger partial charge in [0, 0.05) is 0 Å². The molecule has 0 spiro atoms. The number of allylic oxidation sites excluding steroid dienone is 3. The normalized spacial score (nSPS) is 19.2. The van der Waals surface area contributed by atoms with E-state index in [0.29, 0.717) is 5.76 Å². The minimum Gasteiger partial charge on any atom is -0.491 e. The molecule has 134 valence electrons. The molecule has 0 amide bonds. The average molecular weight is 340 g/mol. The van der Waals surface area contributed by atoms with Gasteiger partial charge in [0.1, 0.15) is 25.6 Å². The Morgan fingerprint density at radius 2 is 2.04 bits per heavy atom. The van der Waals surface area contributed by atoms with Crippen LogP contribution in [0.2, 0.25) is 0 Å². The summed E-state index contributed by atoms with van der Waals surface area (Å²) in [4.78, 5) is 22.0. The molecule has 0 saturated carbocycles. The van der Waals surface area contributed by atoms with Crippen LogP contribution in [0.25, 0.3) is 0 Å². The summed E-state index contributed by atoms with van der Waals surface area (Å²) in [6.45, 7) is 5.66. The topological polar surface area (TPSA) is 102 Å². The van der Waals surface area contributed by atoms with Crippen LogP contribution in [0.15, 0.2) is 34.8 Å². The van der Waals surface area contributed by atoms with Gasteiger partial charge in [-0.15, -0.1) is 0 Å². The van der Waals surface area contributed by atoms with E-state index in [9.17, 15) is 14.7 Å². The van der Waals surface area contributed by atoms with Gasteiger partial charge in [-0.1, -0.05) is 11.6 Å². The summed E-state index contributed by atoms with van der Waals surface area (Å²) in [6, 6.07) is 0. The molecule has 0 aromatic carbocycles. The molecule has 0 aliphatic carbocycles. The standard InChI is InChI=1S/C17H24O7/c1-11(7-8-22-17(20)21)5-4-6-12(2)9-24-16-13(3)23-10-14(18)15(16)19/h6-7,14,18H,4-5,8-10H2,1-3H3,(H,20,21)/b11-7+,12-6?. The fourth-order valence-electron chi connectivity index (χ4n) is 1.99. The first-order chi connectivity index (χ1) is 11.3. The van der Waals surface area contributed by atoms with Crippen LogP contribution in [0.4, 0.5) is 4.79 Å². The number of rotatable bonds is 8. The molecule has 0 radical (unpaired) electrons. The predicted molar refractivity (Wildman–Crippen MR) is 86.3 cm³/mol. The highest BCUT2D eigenvalue weighted by Gasteiger charge is 2.29. The monoisotopic (exact) mass is 340 g/mol. The van der Waals surface area contributed by atoms with Crippen LogP contribution in [0.1, 0.15) is 33.6 Å². The summed E-state index contributed by atoms with van der Waals surface area (Å²) < 4.78 is 15.1. The van der Waals surface area contributed by atoms with Gasteiger partial charge in [0.05, 0.1) is 0 Å². The van der Waals surface area contributed by atoms with Gasteiger partial charge >= 0.3 is 6.16 Å². The summed E-state index contributed by atoms with van der Waals surface area (Å²) in [7, 11) is 0. The molecule has 1 atom stereocenters.